The van der Waals surface area contributed by atoms with Crippen LogP contribution < -0.4 is 0 Å². The zero-order valence-electron chi connectivity index (χ0n) is 14.1. The summed E-state index contributed by atoms with van der Waals surface area (Å²) in [5.74, 6) is 0.802. The number of rotatable bonds is 2. The third kappa shape index (κ3) is 2.16. The highest BCUT2D eigenvalue weighted by atomic mass is 16.3. The number of fused-ring (bicyclic) bond motifs is 3. The minimum Gasteiger partial charge on any atom is -0.392 e. The van der Waals surface area contributed by atoms with Gasteiger partial charge in [0.25, 0.3) is 0 Å². The second kappa shape index (κ2) is 5.12. The van der Waals surface area contributed by atoms with E-state index in [9.17, 15) is 5.11 Å². The van der Waals surface area contributed by atoms with E-state index in [1.807, 2.05) is 0 Å². The van der Waals surface area contributed by atoms with Gasteiger partial charge < -0.3 is 5.11 Å². The van der Waals surface area contributed by atoms with Crippen molar-refractivity contribution in [1.29, 1.82) is 0 Å². The average Bonchev–Trinajstić information content (AvgIpc) is 2.45. The first-order chi connectivity index (χ1) is 9.94. The summed E-state index contributed by atoms with van der Waals surface area (Å²) in [7, 11) is 0. The summed E-state index contributed by atoms with van der Waals surface area (Å²) in [5, 5.41) is 9.63. The molecule has 21 heavy (non-hydrogen) atoms. The Kier molecular flexibility index (Phi) is 3.68. The van der Waals surface area contributed by atoms with Crippen LogP contribution in [-0.4, -0.2) is 5.11 Å². The summed E-state index contributed by atoms with van der Waals surface area (Å²) in [6, 6.07) is 4.53. The van der Waals surface area contributed by atoms with Gasteiger partial charge in [0.1, 0.15) is 0 Å². The van der Waals surface area contributed by atoms with Crippen LogP contribution in [0.4, 0.5) is 0 Å². The number of aliphatic hydroxyl groups excluding tert-OH is 1. The summed E-state index contributed by atoms with van der Waals surface area (Å²) >= 11 is 0. The highest BCUT2D eigenvalue weighted by molar-refractivity contribution is 5.47. The normalized spacial score (nSPS) is 30.6. The number of aliphatic hydroxyl groups is 1. The monoisotopic (exact) mass is 286 g/mol. The van der Waals surface area contributed by atoms with E-state index in [0.29, 0.717) is 10.8 Å². The Balaban J connectivity index is 2.15. The van der Waals surface area contributed by atoms with Crippen molar-refractivity contribution in [1.82, 2.24) is 0 Å². The standard InChI is InChI=1S/C20H30O/c1-5-15-14(13-21)7-9-17-16(15)8-10-18-19(2,3)11-6-12-20(17,18)4/h7,9,18,21H,5-6,8,10-13H2,1-4H3. The quantitative estimate of drug-likeness (QED) is 0.830. The van der Waals surface area contributed by atoms with Crippen LogP contribution in [-0.2, 0) is 24.9 Å². The van der Waals surface area contributed by atoms with Gasteiger partial charge in [-0.05, 0) is 71.1 Å². The second-order valence-corrected chi connectivity index (χ2v) is 8.09. The van der Waals surface area contributed by atoms with Gasteiger partial charge >= 0.3 is 0 Å². The minimum absolute atomic E-state index is 0.183. The van der Waals surface area contributed by atoms with E-state index in [4.69, 9.17) is 0 Å². The molecule has 2 aliphatic carbocycles. The van der Waals surface area contributed by atoms with E-state index in [-0.39, 0.29) is 6.61 Å². The van der Waals surface area contributed by atoms with E-state index < -0.39 is 0 Å². The van der Waals surface area contributed by atoms with E-state index in [0.717, 1.165) is 17.9 Å². The fourth-order valence-electron chi connectivity index (χ4n) is 5.59. The molecule has 1 aromatic rings. The molecule has 0 aliphatic heterocycles. The molecule has 2 atom stereocenters. The molecule has 0 aromatic heterocycles. The molecule has 0 bridgehead atoms. The molecular weight excluding hydrogens is 256 g/mol. The van der Waals surface area contributed by atoms with Gasteiger partial charge in [-0.2, -0.15) is 0 Å². The largest absolute Gasteiger partial charge is 0.392 e. The van der Waals surface area contributed by atoms with Crippen molar-refractivity contribution in [3.63, 3.8) is 0 Å². The summed E-state index contributed by atoms with van der Waals surface area (Å²) < 4.78 is 0. The summed E-state index contributed by atoms with van der Waals surface area (Å²) in [4.78, 5) is 0. The molecule has 0 saturated heterocycles. The van der Waals surface area contributed by atoms with Crippen LogP contribution in [0.3, 0.4) is 0 Å². The average molecular weight is 286 g/mol. The molecule has 0 spiro atoms. The van der Waals surface area contributed by atoms with E-state index >= 15 is 0 Å². The van der Waals surface area contributed by atoms with Crippen molar-refractivity contribution < 1.29 is 5.11 Å². The third-order valence-electron chi connectivity index (χ3n) is 6.58. The first-order valence-corrected chi connectivity index (χ1v) is 8.69. The molecular formula is C20H30O. The SMILES string of the molecule is CCc1c(CO)ccc2c1CCC1C(C)(C)CCCC21C. The molecule has 1 saturated carbocycles. The van der Waals surface area contributed by atoms with Gasteiger partial charge in [0.2, 0.25) is 0 Å². The van der Waals surface area contributed by atoms with Gasteiger partial charge in [-0.1, -0.05) is 46.2 Å². The first kappa shape index (κ1) is 15.1. The summed E-state index contributed by atoms with van der Waals surface area (Å²) in [5.41, 5.74) is 6.55. The van der Waals surface area contributed by atoms with Crippen molar-refractivity contribution in [3.05, 3.63) is 34.4 Å². The van der Waals surface area contributed by atoms with Crippen LogP contribution in [0.15, 0.2) is 12.1 Å². The van der Waals surface area contributed by atoms with Gasteiger partial charge in [-0.3, -0.25) is 0 Å². The molecule has 3 rings (SSSR count). The zero-order chi connectivity index (χ0) is 15.3. The van der Waals surface area contributed by atoms with Crippen molar-refractivity contribution in [2.75, 3.05) is 0 Å². The molecule has 1 N–H and O–H groups in total. The Morgan fingerprint density at radius 2 is 1.95 bits per heavy atom. The Hall–Kier alpha value is -0.820. The number of benzene rings is 1. The van der Waals surface area contributed by atoms with Crippen LogP contribution >= 0.6 is 0 Å². The predicted octanol–water partition coefficient (Wildman–Crippen LogP) is 4.77. The van der Waals surface area contributed by atoms with Crippen LogP contribution in [0, 0.1) is 11.3 Å². The Labute approximate surface area is 129 Å². The van der Waals surface area contributed by atoms with E-state index in [1.165, 1.54) is 37.7 Å². The number of hydrogen-bond donors (Lipinski definition) is 1. The van der Waals surface area contributed by atoms with Crippen molar-refractivity contribution in [2.45, 2.75) is 78.2 Å². The molecule has 1 aromatic carbocycles. The van der Waals surface area contributed by atoms with Gasteiger partial charge in [0.05, 0.1) is 6.61 Å². The Morgan fingerprint density at radius 3 is 2.62 bits per heavy atom. The van der Waals surface area contributed by atoms with Crippen molar-refractivity contribution >= 4 is 0 Å². The lowest BCUT2D eigenvalue weighted by Gasteiger charge is -2.54. The molecule has 1 nitrogen and oxygen atoms in total. The van der Waals surface area contributed by atoms with Gasteiger partial charge in [0.15, 0.2) is 0 Å². The maximum absolute atomic E-state index is 9.63. The summed E-state index contributed by atoms with van der Waals surface area (Å²) in [6.45, 7) is 9.87. The maximum Gasteiger partial charge on any atom is 0.0684 e. The molecule has 0 radical (unpaired) electrons. The lowest BCUT2D eigenvalue weighted by Crippen LogP contribution is -2.48. The van der Waals surface area contributed by atoms with Gasteiger partial charge in [-0.25, -0.2) is 0 Å². The Bertz CT molecular complexity index is 543. The fourth-order valence-corrected chi connectivity index (χ4v) is 5.59. The van der Waals surface area contributed by atoms with Crippen molar-refractivity contribution in [2.24, 2.45) is 11.3 Å². The fraction of sp³-hybridized carbons (Fsp3) is 0.700. The van der Waals surface area contributed by atoms with Crippen LogP contribution in [0.1, 0.15) is 75.6 Å². The lowest BCUT2D eigenvalue weighted by atomic mass is 9.50. The molecule has 1 fully saturated rings. The van der Waals surface area contributed by atoms with Crippen LogP contribution in [0.25, 0.3) is 0 Å². The topological polar surface area (TPSA) is 20.2 Å². The second-order valence-electron chi connectivity index (χ2n) is 8.09. The van der Waals surface area contributed by atoms with Crippen LogP contribution in [0.2, 0.25) is 0 Å². The van der Waals surface area contributed by atoms with Gasteiger partial charge in [-0.15, -0.1) is 0 Å². The first-order valence-electron chi connectivity index (χ1n) is 8.69. The minimum atomic E-state index is 0.183. The van der Waals surface area contributed by atoms with Gasteiger partial charge in [0, 0.05) is 0 Å². The zero-order valence-corrected chi connectivity index (χ0v) is 14.1. The van der Waals surface area contributed by atoms with E-state index in [1.54, 1.807) is 11.1 Å². The van der Waals surface area contributed by atoms with Crippen LogP contribution in [0.5, 0.6) is 0 Å². The third-order valence-corrected chi connectivity index (χ3v) is 6.58. The molecule has 116 valence electrons. The maximum atomic E-state index is 9.63. The van der Waals surface area contributed by atoms with E-state index in [2.05, 4.69) is 39.8 Å². The molecule has 0 amide bonds. The molecule has 1 heteroatoms. The van der Waals surface area contributed by atoms with Crippen molar-refractivity contribution in [3.8, 4) is 0 Å². The molecule has 2 aliphatic rings. The summed E-state index contributed by atoms with van der Waals surface area (Å²) in [6.07, 6.45) is 7.62. The Morgan fingerprint density at radius 1 is 1.19 bits per heavy atom. The molecule has 0 heterocycles. The predicted molar refractivity (Wildman–Crippen MR) is 88.5 cm³/mol. The number of hydrogen-bond acceptors (Lipinski definition) is 1. The highest BCUT2D eigenvalue weighted by Crippen LogP contribution is 2.57. The lowest BCUT2D eigenvalue weighted by molar-refractivity contribution is 0.0405. The smallest absolute Gasteiger partial charge is 0.0684 e. The molecule has 2 unspecified atom stereocenters. The highest BCUT2D eigenvalue weighted by Gasteiger charge is 2.49.